The van der Waals surface area contributed by atoms with Crippen molar-refractivity contribution in [1.29, 1.82) is 0 Å². The number of piperazine rings is 1. The number of amides is 2. The third-order valence-corrected chi connectivity index (χ3v) is 7.53. The lowest BCUT2D eigenvalue weighted by Gasteiger charge is -2.36. The lowest BCUT2D eigenvalue weighted by atomic mass is 10.1. The predicted octanol–water partition coefficient (Wildman–Crippen LogP) is 4.99. The zero-order valence-electron chi connectivity index (χ0n) is 22.2. The normalized spacial score (nSPS) is 14.1. The second kappa shape index (κ2) is 16.0. The first kappa shape index (κ1) is 30.3. The number of ether oxygens (including phenoxy) is 2. The van der Waals surface area contributed by atoms with Gasteiger partial charge in [0.05, 0.1) is 7.11 Å². The SMILES string of the molecule is COc1cccc(CN2CCN(C(=O)[C@H](CSCc3ccccc3)NC(=O)OCc3ccccc3)CC2)c1.Cl. The zero-order valence-corrected chi connectivity index (χ0v) is 23.8. The zero-order chi connectivity index (χ0) is 26.6. The maximum Gasteiger partial charge on any atom is 0.408 e. The smallest absolute Gasteiger partial charge is 0.408 e. The van der Waals surface area contributed by atoms with Crippen molar-refractivity contribution in [2.24, 2.45) is 0 Å². The maximum atomic E-state index is 13.5. The third kappa shape index (κ3) is 9.80. The fourth-order valence-corrected chi connectivity index (χ4v) is 5.33. The first-order valence-corrected chi connectivity index (χ1v) is 14.0. The highest BCUT2D eigenvalue weighted by atomic mass is 35.5. The van der Waals surface area contributed by atoms with Gasteiger partial charge >= 0.3 is 6.09 Å². The van der Waals surface area contributed by atoms with E-state index in [0.29, 0.717) is 18.8 Å². The molecule has 1 heterocycles. The van der Waals surface area contributed by atoms with Crippen molar-refractivity contribution in [2.45, 2.75) is 24.9 Å². The molecule has 3 aromatic rings. The van der Waals surface area contributed by atoms with Crippen LogP contribution >= 0.6 is 24.2 Å². The molecule has 0 unspecified atom stereocenters. The fourth-order valence-electron chi connectivity index (χ4n) is 4.33. The summed E-state index contributed by atoms with van der Waals surface area (Å²) in [5, 5.41) is 2.83. The number of nitrogens with one attached hydrogen (secondary N) is 1. The van der Waals surface area contributed by atoms with E-state index in [2.05, 4.69) is 28.4 Å². The average Bonchev–Trinajstić information content (AvgIpc) is 2.97. The number of nitrogens with zero attached hydrogens (tertiary/aromatic N) is 2. The number of carbonyl (C=O) groups is 2. The van der Waals surface area contributed by atoms with Crippen LogP contribution in [0.5, 0.6) is 5.75 Å². The molecule has 3 aromatic carbocycles. The highest BCUT2D eigenvalue weighted by Gasteiger charge is 2.29. The summed E-state index contributed by atoms with van der Waals surface area (Å²) >= 11 is 1.63. The summed E-state index contributed by atoms with van der Waals surface area (Å²) in [7, 11) is 1.67. The third-order valence-electron chi connectivity index (χ3n) is 6.42. The highest BCUT2D eigenvalue weighted by molar-refractivity contribution is 7.98. The summed E-state index contributed by atoms with van der Waals surface area (Å²) in [4.78, 5) is 30.3. The number of benzene rings is 3. The Morgan fingerprint density at radius 2 is 1.51 bits per heavy atom. The molecule has 208 valence electrons. The van der Waals surface area contributed by atoms with E-state index in [0.717, 1.165) is 36.7 Å². The lowest BCUT2D eigenvalue weighted by Crippen LogP contribution is -2.55. The maximum absolute atomic E-state index is 13.5. The summed E-state index contributed by atoms with van der Waals surface area (Å²) in [6, 6.07) is 27.0. The highest BCUT2D eigenvalue weighted by Crippen LogP contribution is 2.17. The molecular formula is C30H36ClN3O4S. The Hall–Kier alpha value is -3.20. The van der Waals surface area contributed by atoms with Gasteiger partial charge in [0.25, 0.3) is 0 Å². The number of alkyl carbamates (subject to hydrolysis) is 1. The van der Waals surface area contributed by atoms with Gasteiger partial charge in [0, 0.05) is 44.2 Å². The molecule has 0 saturated carbocycles. The van der Waals surface area contributed by atoms with Gasteiger partial charge in [-0.1, -0.05) is 72.8 Å². The fraction of sp³-hybridized carbons (Fsp3) is 0.333. The van der Waals surface area contributed by atoms with Gasteiger partial charge in [-0.2, -0.15) is 11.8 Å². The van der Waals surface area contributed by atoms with Crippen molar-refractivity contribution >= 4 is 36.2 Å². The van der Waals surface area contributed by atoms with Crippen molar-refractivity contribution < 1.29 is 19.1 Å². The lowest BCUT2D eigenvalue weighted by molar-refractivity contribution is -0.134. The van der Waals surface area contributed by atoms with E-state index in [1.807, 2.05) is 71.6 Å². The molecule has 9 heteroatoms. The summed E-state index contributed by atoms with van der Waals surface area (Å²) in [5.41, 5.74) is 3.26. The Balaban J connectivity index is 0.00000420. The van der Waals surface area contributed by atoms with E-state index in [4.69, 9.17) is 9.47 Å². The molecular weight excluding hydrogens is 534 g/mol. The van der Waals surface area contributed by atoms with E-state index < -0.39 is 12.1 Å². The summed E-state index contributed by atoms with van der Waals surface area (Å²) < 4.78 is 10.7. The van der Waals surface area contributed by atoms with Gasteiger partial charge in [-0.3, -0.25) is 9.69 Å². The van der Waals surface area contributed by atoms with Gasteiger partial charge in [0.15, 0.2) is 0 Å². The molecule has 2 amide bonds. The second-order valence-electron chi connectivity index (χ2n) is 9.21. The quantitative estimate of drug-likeness (QED) is 0.351. The Morgan fingerprint density at radius 1 is 0.872 bits per heavy atom. The van der Waals surface area contributed by atoms with E-state index in [1.54, 1.807) is 18.9 Å². The van der Waals surface area contributed by atoms with Gasteiger partial charge in [0.2, 0.25) is 5.91 Å². The van der Waals surface area contributed by atoms with Gasteiger partial charge < -0.3 is 19.7 Å². The van der Waals surface area contributed by atoms with Crippen LogP contribution in [-0.4, -0.2) is 66.9 Å². The van der Waals surface area contributed by atoms with Gasteiger partial charge in [-0.15, -0.1) is 12.4 Å². The van der Waals surface area contributed by atoms with Gasteiger partial charge in [0.1, 0.15) is 18.4 Å². The molecule has 39 heavy (non-hydrogen) atoms. The molecule has 1 fully saturated rings. The number of rotatable bonds is 11. The summed E-state index contributed by atoms with van der Waals surface area (Å²) in [6.07, 6.45) is -0.579. The van der Waals surface area contributed by atoms with E-state index in [-0.39, 0.29) is 24.9 Å². The van der Waals surface area contributed by atoms with Crippen LogP contribution in [0.15, 0.2) is 84.9 Å². The van der Waals surface area contributed by atoms with Crippen molar-refractivity contribution in [3.63, 3.8) is 0 Å². The number of hydrogen-bond acceptors (Lipinski definition) is 6. The number of methoxy groups -OCH3 is 1. The summed E-state index contributed by atoms with van der Waals surface area (Å²) in [5.74, 6) is 2.01. The monoisotopic (exact) mass is 569 g/mol. The first-order valence-electron chi connectivity index (χ1n) is 12.8. The Labute approximate surface area is 241 Å². The van der Waals surface area contributed by atoms with Crippen molar-refractivity contribution in [1.82, 2.24) is 15.1 Å². The van der Waals surface area contributed by atoms with Crippen LogP contribution in [-0.2, 0) is 28.4 Å². The van der Waals surface area contributed by atoms with Crippen LogP contribution in [0.4, 0.5) is 4.79 Å². The summed E-state index contributed by atoms with van der Waals surface area (Å²) in [6.45, 7) is 3.73. The standard InChI is InChI=1S/C30H35N3O4S.ClH/c1-36-27-14-8-13-26(19-27)20-32-15-17-33(18-16-32)29(34)28(23-38-22-25-11-6-3-7-12-25)31-30(35)37-21-24-9-4-2-5-10-24;/h2-14,19,28H,15-18,20-23H2,1H3,(H,31,35);1H/t28-;/m0./s1. The Kier molecular flexibility index (Phi) is 12.5. The minimum atomic E-state index is -0.656. The Bertz CT molecular complexity index is 1160. The molecule has 0 aliphatic carbocycles. The van der Waals surface area contributed by atoms with Crippen LogP contribution < -0.4 is 10.1 Å². The first-order chi connectivity index (χ1) is 18.6. The topological polar surface area (TPSA) is 71.1 Å². The number of halogens is 1. The van der Waals surface area contributed by atoms with Crippen LogP contribution in [0, 0.1) is 0 Å². The number of carbonyl (C=O) groups excluding carboxylic acids is 2. The molecule has 1 N–H and O–H groups in total. The average molecular weight is 570 g/mol. The Morgan fingerprint density at radius 3 is 2.18 bits per heavy atom. The van der Waals surface area contributed by atoms with Gasteiger partial charge in [-0.25, -0.2) is 4.79 Å². The number of hydrogen-bond donors (Lipinski definition) is 1. The minimum absolute atomic E-state index is 0. The molecule has 1 aliphatic rings. The van der Waals surface area contributed by atoms with E-state index in [9.17, 15) is 9.59 Å². The van der Waals surface area contributed by atoms with Crippen LogP contribution in [0.3, 0.4) is 0 Å². The van der Waals surface area contributed by atoms with Gasteiger partial charge in [-0.05, 0) is 28.8 Å². The number of thioether (sulfide) groups is 1. The molecule has 0 radical (unpaired) electrons. The predicted molar refractivity (Wildman–Crippen MR) is 158 cm³/mol. The second-order valence-corrected chi connectivity index (χ2v) is 10.2. The molecule has 0 aromatic heterocycles. The molecule has 4 rings (SSSR count). The van der Waals surface area contributed by atoms with Crippen molar-refractivity contribution in [3.8, 4) is 5.75 Å². The van der Waals surface area contributed by atoms with Crippen LogP contribution in [0.25, 0.3) is 0 Å². The molecule has 0 bridgehead atoms. The molecule has 1 saturated heterocycles. The van der Waals surface area contributed by atoms with Crippen LogP contribution in [0.1, 0.15) is 16.7 Å². The van der Waals surface area contributed by atoms with E-state index >= 15 is 0 Å². The molecule has 1 aliphatic heterocycles. The van der Waals surface area contributed by atoms with E-state index in [1.165, 1.54) is 11.1 Å². The van der Waals surface area contributed by atoms with Crippen molar-refractivity contribution in [2.75, 3.05) is 39.0 Å². The minimum Gasteiger partial charge on any atom is -0.497 e. The van der Waals surface area contributed by atoms with Crippen molar-refractivity contribution in [3.05, 3.63) is 102 Å². The molecule has 1 atom stereocenters. The molecule has 0 spiro atoms. The largest absolute Gasteiger partial charge is 0.497 e. The molecule has 7 nitrogen and oxygen atoms in total. The van der Waals surface area contributed by atoms with Crippen LogP contribution in [0.2, 0.25) is 0 Å².